The van der Waals surface area contributed by atoms with Crippen molar-refractivity contribution in [3.63, 3.8) is 0 Å². The van der Waals surface area contributed by atoms with E-state index in [1.165, 1.54) is 10.5 Å². The molecule has 1 aliphatic rings. The van der Waals surface area contributed by atoms with E-state index in [0.29, 0.717) is 5.92 Å². The molecule has 0 aromatic heterocycles. The molecule has 5 nitrogen and oxygen atoms in total. The standard InChI is InChI=1S/C17H21N3O2/c1-12(2)14-4-6-15(7-5-14)19-10-16(21)20(17(22)11-19)9-13(3)8-18/h4-7,12-13H,9-11H2,1-3H3. The van der Waals surface area contributed by atoms with E-state index >= 15 is 0 Å². The molecule has 0 bridgehead atoms. The molecule has 0 saturated carbocycles. The summed E-state index contributed by atoms with van der Waals surface area (Å²) in [6.07, 6.45) is 0. The lowest BCUT2D eigenvalue weighted by molar-refractivity contribution is -0.145. The molecular formula is C17H21N3O2. The zero-order chi connectivity index (χ0) is 16.3. The molecule has 0 aliphatic carbocycles. The number of hydrogen-bond acceptors (Lipinski definition) is 4. The minimum absolute atomic E-state index is 0.172. The van der Waals surface area contributed by atoms with Gasteiger partial charge in [0.1, 0.15) is 0 Å². The SMILES string of the molecule is CC(C#N)CN1C(=O)CN(c2ccc(C(C)C)cc2)CC1=O. The third kappa shape index (κ3) is 3.45. The Labute approximate surface area is 131 Å². The fourth-order valence-electron chi connectivity index (χ4n) is 2.46. The van der Waals surface area contributed by atoms with Gasteiger partial charge in [-0.1, -0.05) is 26.0 Å². The summed E-state index contributed by atoms with van der Waals surface area (Å²) in [5.41, 5.74) is 2.10. The quantitative estimate of drug-likeness (QED) is 0.799. The van der Waals surface area contributed by atoms with Crippen LogP contribution in [0.5, 0.6) is 0 Å². The lowest BCUT2D eigenvalue weighted by Gasteiger charge is -2.34. The van der Waals surface area contributed by atoms with Crippen LogP contribution < -0.4 is 4.90 Å². The number of anilines is 1. The number of piperazine rings is 1. The van der Waals surface area contributed by atoms with Gasteiger partial charge in [0.15, 0.2) is 0 Å². The van der Waals surface area contributed by atoms with E-state index in [1.54, 1.807) is 11.8 Å². The number of nitrogens with zero attached hydrogens (tertiary/aromatic N) is 3. The summed E-state index contributed by atoms with van der Waals surface area (Å²) in [5, 5.41) is 8.83. The van der Waals surface area contributed by atoms with Gasteiger partial charge in [-0.3, -0.25) is 14.5 Å². The van der Waals surface area contributed by atoms with Crippen molar-refractivity contribution in [2.75, 3.05) is 24.5 Å². The molecule has 116 valence electrons. The third-order valence-corrected chi connectivity index (χ3v) is 3.86. The smallest absolute Gasteiger partial charge is 0.248 e. The van der Waals surface area contributed by atoms with Crippen molar-refractivity contribution in [2.24, 2.45) is 5.92 Å². The number of carbonyl (C=O) groups excluding carboxylic acids is 2. The lowest BCUT2D eigenvalue weighted by Crippen LogP contribution is -2.55. The molecule has 0 N–H and O–H groups in total. The Morgan fingerprint density at radius 1 is 1.09 bits per heavy atom. The van der Waals surface area contributed by atoms with Crippen LogP contribution in [0.2, 0.25) is 0 Å². The molecule has 1 atom stereocenters. The first-order valence-electron chi connectivity index (χ1n) is 7.50. The number of amides is 2. The monoisotopic (exact) mass is 299 g/mol. The summed E-state index contributed by atoms with van der Waals surface area (Å²) in [6, 6.07) is 10.0. The van der Waals surface area contributed by atoms with Gasteiger partial charge in [0.2, 0.25) is 11.8 Å². The van der Waals surface area contributed by atoms with Gasteiger partial charge in [0, 0.05) is 12.2 Å². The first-order valence-corrected chi connectivity index (χ1v) is 7.50. The minimum atomic E-state index is -0.343. The number of carbonyl (C=O) groups is 2. The first kappa shape index (κ1) is 16.0. The molecular weight excluding hydrogens is 278 g/mol. The molecule has 5 heteroatoms. The second kappa shape index (κ2) is 6.61. The van der Waals surface area contributed by atoms with Crippen LogP contribution in [-0.2, 0) is 9.59 Å². The number of imide groups is 1. The highest BCUT2D eigenvalue weighted by Crippen LogP contribution is 2.22. The minimum Gasteiger partial charge on any atom is -0.353 e. The second-order valence-corrected chi connectivity index (χ2v) is 6.03. The molecule has 1 aromatic carbocycles. The van der Waals surface area contributed by atoms with Crippen LogP contribution in [-0.4, -0.2) is 36.3 Å². The fraction of sp³-hybridized carbons (Fsp3) is 0.471. The molecule has 1 fully saturated rings. The zero-order valence-electron chi connectivity index (χ0n) is 13.2. The van der Waals surface area contributed by atoms with E-state index < -0.39 is 0 Å². The fourth-order valence-corrected chi connectivity index (χ4v) is 2.46. The number of hydrogen-bond donors (Lipinski definition) is 0. The maximum absolute atomic E-state index is 12.2. The molecule has 1 saturated heterocycles. The van der Waals surface area contributed by atoms with Gasteiger partial charge >= 0.3 is 0 Å². The summed E-state index contributed by atoms with van der Waals surface area (Å²) >= 11 is 0. The molecule has 2 amide bonds. The van der Waals surface area contributed by atoms with Crippen molar-refractivity contribution in [3.05, 3.63) is 29.8 Å². The van der Waals surface area contributed by atoms with Crippen molar-refractivity contribution in [3.8, 4) is 6.07 Å². The summed E-state index contributed by atoms with van der Waals surface area (Å²) in [7, 11) is 0. The third-order valence-electron chi connectivity index (χ3n) is 3.86. The normalized spacial score (nSPS) is 16.9. The Kier molecular flexibility index (Phi) is 4.81. The Bertz CT molecular complexity index is 583. The second-order valence-electron chi connectivity index (χ2n) is 6.03. The summed E-state index contributed by atoms with van der Waals surface area (Å²) in [4.78, 5) is 27.3. The van der Waals surface area contributed by atoms with Gasteiger partial charge in [0.05, 0.1) is 25.1 Å². The van der Waals surface area contributed by atoms with Crippen molar-refractivity contribution in [2.45, 2.75) is 26.7 Å². The highest BCUT2D eigenvalue weighted by molar-refractivity contribution is 6.02. The summed E-state index contributed by atoms with van der Waals surface area (Å²) in [6.45, 7) is 6.47. The van der Waals surface area contributed by atoms with Gasteiger partial charge in [0.25, 0.3) is 0 Å². The van der Waals surface area contributed by atoms with Crippen LogP contribution in [0.15, 0.2) is 24.3 Å². The molecule has 0 spiro atoms. The number of nitriles is 1. The van der Waals surface area contributed by atoms with Gasteiger partial charge in [-0.15, -0.1) is 0 Å². The molecule has 0 radical (unpaired) electrons. The maximum Gasteiger partial charge on any atom is 0.248 e. The van der Waals surface area contributed by atoms with Crippen molar-refractivity contribution in [1.29, 1.82) is 5.26 Å². The van der Waals surface area contributed by atoms with Crippen LogP contribution in [0, 0.1) is 17.2 Å². The van der Waals surface area contributed by atoms with E-state index in [1.807, 2.05) is 24.3 Å². The van der Waals surface area contributed by atoms with Gasteiger partial charge in [-0.2, -0.15) is 5.26 Å². The van der Waals surface area contributed by atoms with Crippen molar-refractivity contribution in [1.82, 2.24) is 4.90 Å². The largest absolute Gasteiger partial charge is 0.353 e. The van der Waals surface area contributed by atoms with Crippen LogP contribution in [0.1, 0.15) is 32.3 Å². The summed E-state index contributed by atoms with van der Waals surface area (Å²) < 4.78 is 0. The Morgan fingerprint density at radius 3 is 2.09 bits per heavy atom. The van der Waals surface area contributed by atoms with Crippen molar-refractivity contribution < 1.29 is 9.59 Å². The number of rotatable bonds is 4. The van der Waals surface area contributed by atoms with E-state index in [2.05, 4.69) is 19.9 Å². The highest BCUT2D eigenvalue weighted by atomic mass is 16.2. The van der Waals surface area contributed by atoms with Crippen LogP contribution in [0.3, 0.4) is 0 Å². The predicted molar refractivity (Wildman–Crippen MR) is 84.2 cm³/mol. The Balaban J connectivity index is 2.09. The highest BCUT2D eigenvalue weighted by Gasteiger charge is 2.31. The van der Waals surface area contributed by atoms with Gasteiger partial charge in [-0.25, -0.2) is 0 Å². The average molecular weight is 299 g/mol. The number of benzene rings is 1. The van der Waals surface area contributed by atoms with E-state index in [-0.39, 0.29) is 37.4 Å². The molecule has 1 aliphatic heterocycles. The molecule has 2 rings (SSSR count). The van der Waals surface area contributed by atoms with Gasteiger partial charge in [-0.05, 0) is 30.5 Å². The topological polar surface area (TPSA) is 64.4 Å². The average Bonchev–Trinajstić information content (AvgIpc) is 2.50. The van der Waals surface area contributed by atoms with E-state index in [4.69, 9.17) is 5.26 Å². The Hall–Kier alpha value is -2.35. The van der Waals surface area contributed by atoms with Crippen LogP contribution in [0.4, 0.5) is 5.69 Å². The zero-order valence-corrected chi connectivity index (χ0v) is 13.2. The molecule has 1 aromatic rings. The van der Waals surface area contributed by atoms with E-state index in [9.17, 15) is 9.59 Å². The first-order chi connectivity index (χ1) is 10.4. The van der Waals surface area contributed by atoms with Crippen molar-refractivity contribution >= 4 is 17.5 Å². The maximum atomic E-state index is 12.2. The molecule has 1 heterocycles. The Morgan fingerprint density at radius 2 is 1.64 bits per heavy atom. The van der Waals surface area contributed by atoms with Gasteiger partial charge < -0.3 is 4.90 Å². The predicted octanol–water partition coefficient (Wildman–Crippen LogP) is 2.14. The lowest BCUT2D eigenvalue weighted by atomic mass is 10.0. The molecule has 22 heavy (non-hydrogen) atoms. The van der Waals surface area contributed by atoms with Crippen LogP contribution in [0.25, 0.3) is 0 Å². The van der Waals surface area contributed by atoms with Crippen LogP contribution >= 0.6 is 0 Å². The molecule has 1 unspecified atom stereocenters. The van der Waals surface area contributed by atoms with E-state index in [0.717, 1.165) is 5.69 Å². The summed E-state index contributed by atoms with van der Waals surface area (Å²) in [5.74, 6) is -0.385.